The van der Waals surface area contributed by atoms with E-state index in [-0.39, 0.29) is 4.90 Å². The van der Waals surface area contributed by atoms with Gasteiger partial charge in [0, 0.05) is 44.2 Å². The van der Waals surface area contributed by atoms with E-state index >= 15 is 0 Å². The van der Waals surface area contributed by atoms with Crippen LogP contribution in [0.25, 0.3) is 0 Å². The molecule has 2 saturated heterocycles. The predicted octanol–water partition coefficient (Wildman–Crippen LogP) is 3.24. The minimum Gasteiger partial charge on any atom is -0.299 e. The van der Waals surface area contributed by atoms with Crippen molar-refractivity contribution in [1.82, 2.24) is 9.21 Å². The van der Waals surface area contributed by atoms with Crippen molar-refractivity contribution in [2.24, 2.45) is 11.8 Å². The molecule has 7 heteroatoms. The fourth-order valence-electron chi connectivity index (χ4n) is 4.90. The van der Waals surface area contributed by atoms with Crippen LogP contribution in [-0.4, -0.2) is 49.8 Å². The van der Waals surface area contributed by atoms with Crippen LogP contribution in [0.5, 0.6) is 0 Å². The molecule has 1 saturated carbocycles. The van der Waals surface area contributed by atoms with Gasteiger partial charge in [0.1, 0.15) is 11.6 Å². The van der Waals surface area contributed by atoms with Crippen LogP contribution in [0, 0.1) is 23.5 Å². The highest BCUT2D eigenvalue weighted by Crippen LogP contribution is 2.36. The predicted molar refractivity (Wildman–Crippen MR) is 95.2 cm³/mol. The van der Waals surface area contributed by atoms with E-state index in [1.807, 2.05) is 0 Å². The lowest BCUT2D eigenvalue weighted by molar-refractivity contribution is -0.0369. The van der Waals surface area contributed by atoms with Crippen LogP contribution >= 0.6 is 0 Å². The molecule has 3 aliphatic rings. The van der Waals surface area contributed by atoms with E-state index in [1.165, 1.54) is 36.4 Å². The van der Waals surface area contributed by atoms with Crippen molar-refractivity contribution < 1.29 is 17.2 Å². The van der Waals surface area contributed by atoms with Crippen LogP contribution in [-0.2, 0) is 10.0 Å². The highest BCUT2D eigenvalue weighted by Gasteiger charge is 2.45. The Kier molecular flexibility index (Phi) is 5.05. The number of nitrogens with zero attached hydrogens (tertiary/aromatic N) is 2. The van der Waals surface area contributed by atoms with Crippen molar-refractivity contribution in [2.75, 3.05) is 26.2 Å². The number of sulfonamides is 1. The standard InChI is InChI=1S/C19H26F2N2O2S/c20-16-8-17(21)10-18(9-16)26(24,25)23-7-6-19-15(13-23)12-22(19)11-14-4-2-1-3-5-14/h8-10,14-15,19H,1-7,11-13H2/t15-,19+/m1/s1. The molecule has 4 nitrogen and oxygen atoms in total. The first-order valence-electron chi connectivity index (χ1n) is 9.64. The van der Waals surface area contributed by atoms with Gasteiger partial charge in [-0.2, -0.15) is 4.31 Å². The monoisotopic (exact) mass is 384 g/mol. The zero-order valence-electron chi connectivity index (χ0n) is 14.9. The summed E-state index contributed by atoms with van der Waals surface area (Å²) in [6.07, 6.45) is 7.47. The summed E-state index contributed by atoms with van der Waals surface area (Å²) >= 11 is 0. The van der Waals surface area contributed by atoms with Gasteiger partial charge in [0.2, 0.25) is 10.0 Å². The van der Waals surface area contributed by atoms with Crippen molar-refractivity contribution in [3.05, 3.63) is 29.8 Å². The average molecular weight is 384 g/mol. The summed E-state index contributed by atoms with van der Waals surface area (Å²) in [6.45, 7) is 2.95. The lowest BCUT2D eigenvalue weighted by Gasteiger charge is -2.54. The number of piperidine rings is 1. The molecule has 0 spiro atoms. The van der Waals surface area contributed by atoms with Crippen LogP contribution in [0.4, 0.5) is 8.78 Å². The van der Waals surface area contributed by atoms with Gasteiger partial charge in [-0.25, -0.2) is 17.2 Å². The Morgan fingerprint density at radius 1 is 0.962 bits per heavy atom. The highest BCUT2D eigenvalue weighted by atomic mass is 32.2. The highest BCUT2D eigenvalue weighted by molar-refractivity contribution is 7.89. The molecule has 0 N–H and O–H groups in total. The second-order valence-electron chi connectivity index (χ2n) is 8.04. The maximum absolute atomic E-state index is 13.4. The Morgan fingerprint density at radius 3 is 2.31 bits per heavy atom. The molecule has 1 aromatic rings. The third kappa shape index (κ3) is 3.53. The SMILES string of the molecule is O=S(=O)(c1cc(F)cc(F)c1)N1CC[C@H]2[C@H](CN2CC2CCCCC2)C1. The molecule has 1 aliphatic carbocycles. The Hall–Kier alpha value is -1.05. The fourth-order valence-corrected chi connectivity index (χ4v) is 6.46. The molecule has 0 radical (unpaired) electrons. The van der Waals surface area contributed by atoms with E-state index < -0.39 is 21.7 Å². The van der Waals surface area contributed by atoms with Crippen molar-refractivity contribution in [3.8, 4) is 0 Å². The molecule has 3 fully saturated rings. The number of fused-ring (bicyclic) bond motifs is 1. The van der Waals surface area contributed by atoms with Gasteiger partial charge < -0.3 is 0 Å². The molecular formula is C19H26F2N2O2S. The topological polar surface area (TPSA) is 40.6 Å². The molecule has 2 heterocycles. The Bertz CT molecular complexity index is 745. The Balaban J connectivity index is 1.39. The third-order valence-corrected chi connectivity index (χ3v) is 8.13. The zero-order chi connectivity index (χ0) is 18.3. The molecule has 0 bridgehead atoms. The summed E-state index contributed by atoms with van der Waals surface area (Å²) in [4.78, 5) is 2.23. The third-order valence-electron chi connectivity index (χ3n) is 6.29. The first kappa shape index (κ1) is 18.3. The van der Waals surface area contributed by atoms with Gasteiger partial charge in [-0.05, 0) is 37.3 Å². The second kappa shape index (κ2) is 7.17. The first-order chi connectivity index (χ1) is 12.4. The molecule has 26 heavy (non-hydrogen) atoms. The maximum Gasteiger partial charge on any atom is 0.243 e. The Morgan fingerprint density at radius 2 is 1.65 bits per heavy atom. The summed E-state index contributed by atoms with van der Waals surface area (Å²) in [6, 6.07) is 2.97. The van der Waals surface area contributed by atoms with Gasteiger partial charge in [0.15, 0.2) is 0 Å². The molecule has 4 rings (SSSR count). The molecule has 1 aromatic carbocycles. The number of likely N-dealkylation sites (tertiary alicyclic amines) is 1. The zero-order valence-corrected chi connectivity index (χ0v) is 15.7. The van der Waals surface area contributed by atoms with Crippen LogP contribution in [0.3, 0.4) is 0 Å². The summed E-state index contributed by atoms with van der Waals surface area (Å²) in [5, 5.41) is 0. The van der Waals surface area contributed by atoms with E-state index in [0.717, 1.165) is 37.6 Å². The van der Waals surface area contributed by atoms with Gasteiger partial charge in [-0.1, -0.05) is 19.3 Å². The normalized spacial score (nSPS) is 28.5. The van der Waals surface area contributed by atoms with Gasteiger partial charge in [-0.15, -0.1) is 0 Å². The molecule has 2 aliphatic heterocycles. The summed E-state index contributed by atoms with van der Waals surface area (Å²) < 4.78 is 53.7. The van der Waals surface area contributed by atoms with Gasteiger partial charge in [-0.3, -0.25) is 4.90 Å². The van der Waals surface area contributed by atoms with E-state index in [4.69, 9.17) is 0 Å². The summed E-state index contributed by atoms with van der Waals surface area (Å²) in [7, 11) is -3.84. The lowest BCUT2D eigenvalue weighted by atomic mass is 9.81. The van der Waals surface area contributed by atoms with Crippen LogP contribution in [0.2, 0.25) is 0 Å². The molecule has 0 unspecified atom stereocenters. The second-order valence-corrected chi connectivity index (χ2v) is 9.98. The quantitative estimate of drug-likeness (QED) is 0.800. The number of halogens is 2. The van der Waals surface area contributed by atoms with Crippen molar-refractivity contribution in [1.29, 1.82) is 0 Å². The summed E-state index contributed by atoms with van der Waals surface area (Å²) in [5.41, 5.74) is 0. The largest absolute Gasteiger partial charge is 0.299 e. The first-order valence-corrected chi connectivity index (χ1v) is 11.1. The van der Waals surface area contributed by atoms with Crippen LogP contribution in [0.15, 0.2) is 23.1 Å². The average Bonchev–Trinajstić information content (AvgIpc) is 2.59. The number of hydrogen-bond donors (Lipinski definition) is 0. The van der Waals surface area contributed by atoms with Crippen LogP contribution in [0.1, 0.15) is 38.5 Å². The molecule has 0 aromatic heterocycles. The van der Waals surface area contributed by atoms with E-state index in [9.17, 15) is 17.2 Å². The minimum atomic E-state index is -3.84. The number of hydrogen-bond acceptors (Lipinski definition) is 3. The molecular weight excluding hydrogens is 358 g/mol. The maximum atomic E-state index is 13.4. The van der Waals surface area contributed by atoms with Gasteiger partial charge >= 0.3 is 0 Å². The van der Waals surface area contributed by atoms with E-state index in [2.05, 4.69) is 4.90 Å². The molecule has 0 amide bonds. The number of benzene rings is 1. The fraction of sp³-hybridized carbons (Fsp3) is 0.684. The van der Waals surface area contributed by atoms with E-state index in [0.29, 0.717) is 31.1 Å². The lowest BCUT2D eigenvalue weighted by Crippen LogP contribution is -2.64. The van der Waals surface area contributed by atoms with Crippen LogP contribution < -0.4 is 0 Å². The van der Waals surface area contributed by atoms with Crippen molar-refractivity contribution >= 4 is 10.0 Å². The van der Waals surface area contributed by atoms with Crippen molar-refractivity contribution in [3.63, 3.8) is 0 Å². The number of rotatable bonds is 4. The Labute approximate surface area is 154 Å². The van der Waals surface area contributed by atoms with Gasteiger partial charge in [0.25, 0.3) is 0 Å². The van der Waals surface area contributed by atoms with Gasteiger partial charge in [0.05, 0.1) is 4.90 Å². The molecule has 144 valence electrons. The summed E-state index contributed by atoms with van der Waals surface area (Å²) in [5.74, 6) is -0.594. The minimum absolute atomic E-state index is 0.285. The molecule has 2 atom stereocenters. The van der Waals surface area contributed by atoms with Crippen molar-refractivity contribution in [2.45, 2.75) is 49.5 Å². The smallest absolute Gasteiger partial charge is 0.243 e. The van der Waals surface area contributed by atoms with E-state index in [1.54, 1.807) is 0 Å².